The maximum Gasteiger partial charge on any atom is 0.220 e. The van der Waals surface area contributed by atoms with Crippen molar-refractivity contribution in [1.82, 2.24) is 15.1 Å². The quantitative estimate of drug-likeness (QED) is 0.721. The molecular formula is C23H25N3O. The van der Waals surface area contributed by atoms with Crippen LogP contribution in [-0.2, 0) is 24.2 Å². The minimum Gasteiger partial charge on any atom is -0.349 e. The van der Waals surface area contributed by atoms with Crippen LogP contribution in [0, 0.1) is 0 Å². The van der Waals surface area contributed by atoms with E-state index < -0.39 is 0 Å². The minimum atomic E-state index is 0.0848. The molecule has 0 spiro atoms. The number of benzene rings is 2. The van der Waals surface area contributed by atoms with Crippen LogP contribution in [-0.4, -0.2) is 15.7 Å². The molecule has 4 rings (SSSR count). The Labute approximate surface area is 160 Å². The molecule has 1 heterocycles. The van der Waals surface area contributed by atoms with Crippen molar-refractivity contribution in [2.45, 2.75) is 44.7 Å². The summed E-state index contributed by atoms with van der Waals surface area (Å²) in [4.78, 5) is 12.5. The first kappa shape index (κ1) is 17.5. The Morgan fingerprint density at radius 3 is 2.48 bits per heavy atom. The summed E-state index contributed by atoms with van der Waals surface area (Å²) in [5.74, 6) is 0.118. The summed E-state index contributed by atoms with van der Waals surface area (Å²) in [6, 6.07) is 20.6. The normalized spacial score (nSPS) is 15.9. The zero-order valence-electron chi connectivity index (χ0n) is 15.5. The molecule has 1 amide bonds. The van der Waals surface area contributed by atoms with E-state index in [1.165, 1.54) is 22.4 Å². The second-order valence-corrected chi connectivity index (χ2v) is 7.19. The Hall–Kier alpha value is -2.88. The average Bonchev–Trinajstić information content (AvgIpc) is 3.12. The highest BCUT2D eigenvalue weighted by atomic mass is 16.1. The SMILES string of the molecule is O=C(CCc1ccccc1)NC1CCCc2c1cnn2Cc1ccccc1. The highest BCUT2D eigenvalue weighted by Crippen LogP contribution is 2.30. The van der Waals surface area contributed by atoms with Gasteiger partial charge in [0.1, 0.15) is 0 Å². The zero-order valence-corrected chi connectivity index (χ0v) is 15.5. The number of hydrogen-bond donors (Lipinski definition) is 1. The fourth-order valence-corrected chi connectivity index (χ4v) is 3.83. The van der Waals surface area contributed by atoms with Crippen LogP contribution in [0.1, 0.15) is 47.7 Å². The summed E-state index contributed by atoms with van der Waals surface area (Å²) >= 11 is 0. The Morgan fingerprint density at radius 2 is 1.74 bits per heavy atom. The molecule has 1 aliphatic carbocycles. The van der Waals surface area contributed by atoms with Gasteiger partial charge in [0.05, 0.1) is 18.8 Å². The van der Waals surface area contributed by atoms with Crippen molar-refractivity contribution in [3.8, 4) is 0 Å². The van der Waals surface area contributed by atoms with Gasteiger partial charge >= 0.3 is 0 Å². The minimum absolute atomic E-state index is 0.0848. The summed E-state index contributed by atoms with van der Waals surface area (Å²) in [5.41, 5.74) is 4.90. The maximum absolute atomic E-state index is 12.5. The van der Waals surface area contributed by atoms with E-state index in [-0.39, 0.29) is 11.9 Å². The molecule has 1 atom stereocenters. The second kappa shape index (κ2) is 8.21. The number of amides is 1. The predicted molar refractivity (Wildman–Crippen MR) is 106 cm³/mol. The monoisotopic (exact) mass is 359 g/mol. The van der Waals surface area contributed by atoms with E-state index in [9.17, 15) is 4.79 Å². The number of aromatic nitrogens is 2. The summed E-state index contributed by atoms with van der Waals surface area (Å²) in [6.45, 7) is 0.783. The van der Waals surface area contributed by atoms with Crippen molar-refractivity contribution in [2.24, 2.45) is 0 Å². The van der Waals surface area contributed by atoms with Crippen LogP contribution < -0.4 is 5.32 Å². The Kier molecular flexibility index (Phi) is 5.33. The molecule has 0 saturated carbocycles. The summed E-state index contributed by atoms with van der Waals surface area (Å²) in [7, 11) is 0. The van der Waals surface area contributed by atoms with E-state index >= 15 is 0 Å². The van der Waals surface area contributed by atoms with Crippen molar-refractivity contribution < 1.29 is 4.79 Å². The molecule has 4 nitrogen and oxygen atoms in total. The van der Waals surface area contributed by atoms with Gasteiger partial charge in [0, 0.05) is 17.7 Å². The third kappa shape index (κ3) is 4.27. The van der Waals surface area contributed by atoms with Crippen molar-refractivity contribution in [3.05, 3.63) is 89.2 Å². The molecule has 0 saturated heterocycles. The molecule has 0 radical (unpaired) electrons. The Morgan fingerprint density at radius 1 is 1.04 bits per heavy atom. The lowest BCUT2D eigenvalue weighted by Gasteiger charge is -2.24. The number of rotatable bonds is 6. The van der Waals surface area contributed by atoms with Gasteiger partial charge in [-0.25, -0.2) is 0 Å². The smallest absolute Gasteiger partial charge is 0.220 e. The van der Waals surface area contributed by atoms with Gasteiger partial charge < -0.3 is 5.32 Å². The number of carbonyl (C=O) groups is 1. The fraction of sp³-hybridized carbons (Fsp3) is 0.304. The van der Waals surface area contributed by atoms with E-state index in [0.29, 0.717) is 6.42 Å². The molecule has 0 aliphatic heterocycles. The molecule has 1 unspecified atom stereocenters. The topological polar surface area (TPSA) is 46.9 Å². The third-order valence-corrected chi connectivity index (χ3v) is 5.26. The van der Waals surface area contributed by atoms with Gasteiger partial charge in [-0.05, 0) is 36.8 Å². The van der Waals surface area contributed by atoms with Gasteiger partial charge in [-0.15, -0.1) is 0 Å². The van der Waals surface area contributed by atoms with Crippen LogP contribution in [0.3, 0.4) is 0 Å². The Balaban J connectivity index is 1.40. The molecule has 3 aromatic rings. The van der Waals surface area contributed by atoms with Gasteiger partial charge in [0.15, 0.2) is 0 Å². The first-order chi connectivity index (χ1) is 13.3. The van der Waals surface area contributed by atoms with Crippen molar-refractivity contribution in [3.63, 3.8) is 0 Å². The van der Waals surface area contributed by atoms with Crippen LogP contribution in [0.5, 0.6) is 0 Å². The fourth-order valence-electron chi connectivity index (χ4n) is 3.83. The lowest BCUT2D eigenvalue weighted by atomic mass is 9.92. The van der Waals surface area contributed by atoms with Crippen LogP contribution in [0.2, 0.25) is 0 Å². The van der Waals surface area contributed by atoms with Crippen LogP contribution in [0.15, 0.2) is 66.9 Å². The largest absolute Gasteiger partial charge is 0.349 e. The van der Waals surface area contributed by atoms with Crippen molar-refractivity contribution >= 4 is 5.91 Å². The highest BCUT2D eigenvalue weighted by molar-refractivity contribution is 5.76. The molecule has 138 valence electrons. The number of fused-ring (bicyclic) bond motifs is 1. The van der Waals surface area contributed by atoms with E-state index in [1.807, 2.05) is 30.5 Å². The third-order valence-electron chi connectivity index (χ3n) is 5.26. The zero-order chi connectivity index (χ0) is 18.5. The number of aryl methyl sites for hydroxylation is 1. The van der Waals surface area contributed by atoms with Gasteiger partial charge in [-0.2, -0.15) is 5.10 Å². The molecule has 2 aromatic carbocycles. The first-order valence-corrected chi connectivity index (χ1v) is 9.71. The number of carbonyl (C=O) groups excluding carboxylic acids is 1. The molecular weight excluding hydrogens is 334 g/mol. The van der Waals surface area contributed by atoms with Crippen molar-refractivity contribution in [2.75, 3.05) is 0 Å². The lowest BCUT2D eigenvalue weighted by Crippen LogP contribution is -2.31. The second-order valence-electron chi connectivity index (χ2n) is 7.19. The predicted octanol–water partition coefficient (Wildman–Crippen LogP) is 4.06. The van der Waals surface area contributed by atoms with E-state index in [0.717, 1.165) is 32.2 Å². The summed E-state index contributed by atoms with van der Waals surface area (Å²) in [5, 5.41) is 7.84. The summed E-state index contributed by atoms with van der Waals surface area (Å²) in [6.07, 6.45) is 6.34. The standard InChI is InChI=1S/C23H25N3O/c27-23(15-14-18-8-3-1-4-9-18)25-21-12-7-13-22-20(21)16-24-26(22)17-19-10-5-2-6-11-19/h1-6,8-11,16,21H,7,12-15,17H2,(H,25,27). The van der Waals surface area contributed by atoms with Gasteiger partial charge in [0.25, 0.3) is 0 Å². The summed E-state index contributed by atoms with van der Waals surface area (Å²) < 4.78 is 2.09. The number of nitrogens with one attached hydrogen (secondary N) is 1. The maximum atomic E-state index is 12.5. The molecule has 0 bridgehead atoms. The van der Waals surface area contributed by atoms with E-state index in [2.05, 4.69) is 51.5 Å². The molecule has 4 heteroatoms. The van der Waals surface area contributed by atoms with Gasteiger partial charge in [-0.3, -0.25) is 9.48 Å². The molecule has 1 aromatic heterocycles. The average molecular weight is 359 g/mol. The van der Waals surface area contributed by atoms with E-state index in [1.54, 1.807) is 0 Å². The molecule has 1 N–H and O–H groups in total. The van der Waals surface area contributed by atoms with Crippen LogP contribution in [0.25, 0.3) is 0 Å². The van der Waals surface area contributed by atoms with E-state index in [4.69, 9.17) is 0 Å². The van der Waals surface area contributed by atoms with Crippen molar-refractivity contribution in [1.29, 1.82) is 0 Å². The lowest BCUT2D eigenvalue weighted by molar-refractivity contribution is -0.121. The first-order valence-electron chi connectivity index (χ1n) is 9.71. The van der Waals surface area contributed by atoms with Gasteiger partial charge in [0.2, 0.25) is 5.91 Å². The Bertz CT molecular complexity index is 887. The number of hydrogen-bond acceptors (Lipinski definition) is 2. The van der Waals surface area contributed by atoms with Gasteiger partial charge in [-0.1, -0.05) is 60.7 Å². The van der Waals surface area contributed by atoms with Crippen LogP contribution in [0.4, 0.5) is 0 Å². The molecule has 0 fully saturated rings. The molecule has 27 heavy (non-hydrogen) atoms. The highest BCUT2D eigenvalue weighted by Gasteiger charge is 2.25. The van der Waals surface area contributed by atoms with Crippen LogP contribution >= 0.6 is 0 Å². The number of nitrogens with zero attached hydrogens (tertiary/aromatic N) is 2. The molecule has 1 aliphatic rings.